The Morgan fingerprint density at radius 3 is 2.24 bits per heavy atom. The molecular formula is C16H11O. The minimum absolute atomic E-state index is 0.0579. The van der Waals surface area contributed by atoms with Gasteiger partial charge in [-0.25, -0.2) is 0 Å². The van der Waals surface area contributed by atoms with Crippen molar-refractivity contribution in [1.82, 2.24) is 0 Å². The van der Waals surface area contributed by atoms with E-state index in [2.05, 4.69) is 6.07 Å². The number of hydrogen-bond acceptors (Lipinski definition) is 0. The summed E-state index contributed by atoms with van der Waals surface area (Å²) in [6.07, 6.45) is 0. The lowest BCUT2D eigenvalue weighted by atomic mass is 9.98. The van der Waals surface area contributed by atoms with Crippen LogP contribution >= 0.6 is 0 Å². The van der Waals surface area contributed by atoms with E-state index in [0.29, 0.717) is 0 Å². The predicted octanol–water partition coefficient (Wildman–Crippen LogP) is 4.65. The van der Waals surface area contributed by atoms with Crippen LogP contribution in [0.1, 0.15) is 0 Å². The predicted molar refractivity (Wildman–Crippen MR) is 69.5 cm³/mol. The molecule has 0 saturated carbocycles. The first-order chi connectivity index (χ1) is 8.34. The van der Waals surface area contributed by atoms with Crippen molar-refractivity contribution >= 4 is 10.8 Å². The van der Waals surface area contributed by atoms with Crippen LogP contribution in [-0.2, 0) is 5.11 Å². The molecule has 1 nitrogen and oxygen atoms in total. The van der Waals surface area contributed by atoms with Gasteiger partial charge in [-0.2, -0.15) is 0 Å². The lowest BCUT2D eigenvalue weighted by Gasteiger charge is -2.06. The highest BCUT2D eigenvalue weighted by atomic mass is 16.3. The normalized spacial score (nSPS) is 10.6. The summed E-state index contributed by atoms with van der Waals surface area (Å²) in [4.78, 5) is 0. The lowest BCUT2D eigenvalue weighted by molar-refractivity contribution is 0.356. The van der Waals surface area contributed by atoms with E-state index < -0.39 is 0 Å². The van der Waals surface area contributed by atoms with Crippen LogP contribution in [0.4, 0.5) is 0 Å². The van der Waals surface area contributed by atoms with Gasteiger partial charge in [-0.1, -0.05) is 54.6 Å². The van der Waals surface area contributed by atoms with E-state index >= 15 is 0 Å². The molecule has 0 N–H and O–H groups in total. The summed E-state index contributed by atoms with van der Waals surface area (Å²) in [5.41, 5.74) is 2.09. The van der Waals surface area contributed by atoms with Gasteiger partial charge in [0.1, 0.15) is 0 Å². The molecule has 1 radical (unpaired) electrons. The number of fused-ring (bicyclic) bond motifs is 1. The molecule has 0 heterocycles. The van der Waals surface area contributed by atoms with Crippen molar-refractivity contribution in [1.29, 1.82) is 0 Å². The third kappa shape index (κ3) is 1.76. The molecule has 0 aliphatic rings. The summed E-state index contributed by atoms with van der Waals surface area (Å²) in [7, 11) is 0. The molecule has 3 aromatic carbocycles. The van der Waals surface area contributed by atoms with Crippen molar-refractivity contribution in [2.24, 2.45) is 0 Å². The molecule has 0 aliphatic heterocycles. The Bertz CT molecular complexity index is 657. The van der Waals surface area contributed by atoms with Gasteiger partial charge in [0.2, 0.25) is 0 Å². The molecule has 0 amide bonds. The third-order valence-electron chi connectivity index (χ3n) is 2.92. The fourth-order valence-electron chi connectivity index (χ4n) is 2.14. The largest absolute Gasteiger partial charge is 0.290 e. The molecule has 0 atom stereocenters. The molecule has 81 valence electrons. The number of rotatable bonds is 1. The molecule has 0 unspecified atom stereocenters. The first-order valence-electron chi connectivity index (χ1n) is 5.60. The van der Waals surface area contributed by atoms with E-state index in [4.69, 9.17) is 0 Å². The molecule has 3 rings (SSSR count). The van der Waals surface area contributed by atoms with Crippen LogP contribution in [0.5, 0.6) is 5.75 Å². The van der Waals surface area contributed by atoms with Gasteiger partial charge in [0, 0.05) is 0 Å². The topological polar surface area (TPSA) is 19.9 Å². The van der Waals surface area contributed by atoms with Gasteiger partial charge in [-0.15, -0.1) is 0 Å². The summed E-state index contributed by atoms with van der Waals surface area (Å²) in [5, 5.41) is 13.8. The number of benzene rings is 3. The minimum Gasteiger partial charge on any atom is -0.290 e. The Morgan fingerprint density at radius 2 is 1.41 bits per heavy atom. The van der Waals surface area contributed by atoms with E-state index in [1.165, 1.54) is 0 Å². The average Bonchev–Trinajstić information content (AvgIpc) is 2.39. The summed E-state index contributed by atoms with van der Waals surface area (Å²) < 4.78 is 0. The van der Waals surface area contributed by atoms with Gasteiger partial charge in [-0.05, 0) is 34.0 Å². The number of hydrogen-bond donors (Lipinski definition) is 0. The van der Waals surface area contributed by atoms with Gasteiger partial charge in [-0.3, -0.25) is 5.11 Å². The van der Waals surface area contributed by atoms with Crippen molar-refractivity contribution in [3.8, 4) is 16.9 Å². The van der Waals surface area contributed by atoms with Gasteiger partial charge >= 0.3 is 0 Å². The zero-order chi connectivity index (χ0) is 11.7. The van der Waals surface area contributed by atoms with Crippen LogP contribution in [0, 0.1) is 0 Å². The van der Waals surface area contributed by atoms with Gasteiger partial charge in [0.25, 0.3) is 0 Å². The SMILES string of the molecule is [O]c1cc(-c2ccccc2)c2ccccc2c1. The van der Waals surface area contributed by atoms with Gasteiger partial charge < -0.3 is 0 Å². The standard InChI is InChI=1S/C16H11O/c17-14-10-13-8-4-5-9-15(13)16(11-14)12-6-2-1-3-7-12/h1-11H. The monoisotopic (exact) mass is 219 g/mol. The van der Waals surface area contributed by atoms with E-state index in [9.17, 15) is 5.11 Å². The molecule has 0 saturated heterocycles. The highest BCUT2D eigenvalue weighted by Crippen LogP contribution is 2.32. The maximum Gasteiger partial charge on any atom is 0.179 e. The first kappa shape index (κ1) is 9.91. The van der Waals surface area contributed by atoms with Crippen LogP contribution in [0.3, 0.4) is 0 Å². The molecule has 0 aliphatic carbocycles. The second kappa shape index (κ2) is 3.95. The Kier molecular flexibility index (Phi) is 2.30. The Balaban J connectivity index is 2.36. The molecular weight excluding hydrogens is 208 g/mol. The van der Waals surface area contributed by atoms with E-state index in [1.807, 2.05) is 48.5 Å². The van der Waals surface area contributed by atoms with E-state index in [-0.39, 0.29) is 5.75 Å². The maximum atomic E-state index is 11.7. The molecule has 0 aromatic heterocycles. The van der Waals surface area contributed by atoms with Crippen LogP contribution in [0.2, 0.25) is 0 Å². The summed E-state index contributed by atoms with van der Waals surface area (Å²) in [5.74, 6) is 0.0579. The molecule has 3 aromatic rings. The molecule has 0 spiro atoms. The Labute approximate surface area is 100.0 Å². The molecule has 17 heavy (non-hydrogen) atoms. The van der Waals surface area contributed by atoms with Crippen LogP contribution < -0.4 is 0 Å². The molecule has 1 heteroatoms. The van der Waals surface area contributed by atoms with Crippen LogP contribution in [-0.4, -0.2) is 0 Å². The van der Waals surface area contributed by atoms with Crippen LogP contribution in [0.25, 0.3) is 21.9 Å². The zero-order valence-electron chi connectivity index (χ0n) is 9.26. The fraction of sp³-hybridized carbons (Fsp3) is 0. The molecule has 0 bridgehead atoms. The quantitative estimate of drug-likeness (QED) is 0.567. The average molecular weight is 219 g/mol. The van der Waals surface area contributed by atoms with Crippen molar-refractivity contribution in [2.75, 3.05) is 0 Å². The maximum absolute atomic E-state index is 11.7. The highest BCUT2D eigenvalue weighted by molar-refractivity contribution is 5.97. The van der Waals surface area contributed by atoms with Crippen LogP contribution in [0.15, 0.2) is 66.7 Å². The zero-order valence-corrected chi connectivity index (χ0v) is 9.26. The minimum atomic E-state index is 0.0579. The first-order valence-corrected chi connectivity index (χ1v) is 5.60. The smallest absolute Gasteiger partial charge is 0.179 e. The van der Waals surface area contributed by atoms with E-state index in [0.717, 1.165) is 21.9 Å². The van der Waals surface area contributed by atoms with Crippen molar-refractivity contribution in [3.05, 3.63) is 66.7 Å². The van der Waals surface area contributed by atoms with Gasteiger partial charge in [0.15, 0.2) is 5.75 Å². The van der Waals surface area contributed by atoms with Gasteiger partial charge in [0.05, 0.1) is 0 Å². The summed E-state index contributed by atoms with van der Waals surface area (Å²) >= 11 is 0. The molecule has 0 fully saturated rings. The Morgan fingerprint density at radius 1 is 0.706 bits per heavy atom. The van der Waals surface area contributed by atoms with Crippen molar-refractivity contribution in [2.45, 2.75) is 0 Å². The second-order valence-corrected chi connectivity index (χ2v) is 4.06. The fourth-order valence-corrected chi connectivity index (χ4v) is 2.14. The second-order valence-electron chi connectivity index (χ2n) is 4.06. The lowest BCUT2D eigenvalue weighted by Crippen LogP contribution is -1.80. The summed E-state index contributed by atoms with van der Waals surface area (Å²) in [6, 6.07) is 21.4. The Hall–Kier alpha value is -2.28. The van der Waals surface area contributed by atoms with E-state index in [1.54, 1.807) is 12.1 Å². The van der Waals surface area contributed by atoms with Crippen molar-refractivity contribution < 1.29 is 5.11 Å². The third-order valence-corrected chi connectivity index (χ3v) is 2.92. The van der Waals surface area contributed by atoms with Crippen molar-refractivity contribution in [3.63, 3.8) is 0 Å². The highest BCUT2D eigenvalue weighted by Gasteiger charge is 2.05. The summed E-state index contributed by atoms with van der Waals surface area (Å²) in [6.45, 7) is 0.